The maximum Gasteiger partial charge on any atom is 0.127 e. The number of rotatable bonds is 13. The topological polar surface area (TPSA) is 12.0 Å². The zero-order valence-corrected chi connectivity index (χ0v) is 19.9. The van der Waals surface area contributed by atoms with Gasteiger partial charge in [-0.05, 0) is 85.5 Å². The first-order valence-electron chi connectivity index (χ1n) is 12.0. The van der Waals surface area contributed by atoms with Crippen LogP contribution in [0.15, 0.2) is 36.4 Å². The largest absolute Gasteiger partial charge is 0.320 e. The van der Waals surface area contributed by atoms with Crippen LogP contribution < -0.4 is 5.32 Å². The molecule has 0 aliphatic carbocycles. The van der Waals surface area contributed by atoms with Crippen molar-refractivity contribution in [3.05, 3.63) is 58.9 Å². The van der Waals surface area contributed by atoms with Crippen LogP contribution in [0.3, 0.4) is 0 Å². The number of hydrogen-bond donors (Lipinski definition) is 1. The monoisotopic (exact) mass is 411 g/mol. The lowest BCUT2D eigenvalue weighted by molar-refractivity contribution is 0.257. The second-order valence-electron chi connectivity index (χ2n) is 9.33. The molecule has 166 valence electrons. The second kappa shape index (κ2) is 12.2. The molecular weight excluding hydrogens is 369 g/mol. The summed E-state index contributed by atoms with van der Waals surface area (Å²) < 4.78 is 14.4. The van der Waals surface area contributed by atoms with Crippen LogP contribution in [0.5, 0.6) is 0 Å². The van der Waals surface area contributed by atoms with E-state index in [1.165, 1.54) is 50.5 Å². The fourth-order valence-corrected chi connectivity index (χ4v) is 4.57. The van der Waals surface area contributed by atoms with Crippen molar-refractivity contribution in [1.29, 1.82) is 0 Å². The molecule has 2 heteroatoms. The molecule has 1 N–H and O–H groups in total. The molecule has 30 heavy (non-hydrogen) atoms. The first kappa shape index (κ1) is 24.6. The molecule has 0 radical (unpaired) electrons. The van der Waals surface area contributed by atoms with Crippen LogP contribution in [0.4, 0.5) is 4.39 Å². The summed E-state index contributed by atoms with van der Waals surface area (Å²) in [5.41, 5.74) is 5.66. The Morgan fingerprint density at radius 2 is 1.63 bits per heavy atom. The van der Waals surface area contributed by atoms with Gasteiger partial charge >= 0.3 is 0 Å². The third-order valence-corrected chi connectivity index (χ3v) is 6.45. The quantitative estimate of drug-likeness (QED) is 0.330. The molecule has 0 saturated carbocycles. The second-order valence-corrected chi connectivity index (χ2v) is 9.33. The molecule has 0 fully saturated rings. The zero-order chi connectivity index (χ0) is 22.0. The number of benzene rings is 2. The first-order valence-corrected chi connectivity index (χ1v) is 12.0. The number of aryl methyl sites for hydroxylation is 1. The molecule has 1 nitrogen and oxygen atoms in total. The third kappa shape index (κ3) is 7.23. The van der Waals surface area contributed by atoms with Gasteiger partial charge < -0.3 is 5.32 Å². The lowest BCUT2D eigenvalue weighted by Crippen LogP contribution is -2.25. The van der Waals surface area contributed by atoms with E-state index in [1.807, 2.05) is 20.9 Å². The molecule has 0 amide bonds. The number of nitrogens with one attached hydrogen (secondary N) is 1. The summed E-state index contributed by atoms with van der Waals surface area (Å²) in [6.45, 7) is 9.78. The van der Waals surface area contributed by atoms with Crippen molar-refractivity contribution in [2.75, 3.05) is 13.6 Å². The Kier molecular flexibility index (Phi) is 10.0. The maximum atomic E-state index is 14.4. The molecule has 0 saturated heterocycles. The molecule has 0 aliphatic rings. The van der Waals surface area contributed by atoms with Crippen molar-refractivity contribution >= 4 is 0 Å². The van der Waals surface area contributed by atoms with Crippen LogP contribution in [0, 0.1) is 18.2 Å². The maximum absolute atomic E-state index is 14.4. The average molecular weight is 412 g/mol. The van der Waals surface area contributed by atoms with Gasteiger partial charge in [-0.25, -0.2) is 4.39 Å². The molecule has 0 heterocycles. The van der Waals surface area contributed by atoms with E-state index >= 15 is 0 Å². The minimum absolute atomic E-state index is 0.0840. The molecule has 0 aromatic heterocycles. The molecule has 0 bridgehead atoms. The van der Waals surface area contributed by atoms with E-state index in [2.05, 4.69) is 49.5 Å². The summed E-state index contributed by atoms with van der Waals surface area (Å²) in [6, 6.07) is 12.6. The fourth-order valence-electron chi connectivity index (χ4n) is 4.57. The van der Waals surface area contributed by atoms with E-state index in [0.29, 0.717) is 11.8 Å². The van der Waals surface area contributed by atoms with Gasteiger partial charge in [-0.3, -0.25) is 0 Å². The van der Waals surface area contributed by atoms with E-state index in [4.69, 9.17) is 0 Å². The number of unbranched alkanes of at least 4 members (excludes halogenated alkanes) is 4. The van der Waals surface area contributed by atoms with E-state index in [9.17, 15) is 4.39 Å². The number of hydrogen-bond acceptors (Lipinski definition) is 1. The molecule has 1 atom stereocenters. The average Bonchev–Trinajstić information content (AvgIpc) is 2.72. The summed E-state index contributed by atoms with van der Waals surface area (Å²) >= 11 is 0. The summed E-state index contributed by atoms with van der Waals surface area (Å²) in [6.07, 6.45) is 11.0. The molecule has 2 rings (SSSR count). The first-order chi connectivity index (χ1) is 14.4. The Hall–Kier alpha value is -1.67. The molecule has 0 spiro atoms. The van der Waals surface area contributed by atoms with Gasteiger partial charge in [0, 0.05) is 0 Å². The predicted molar refractivity (Wildman–Crippen MR) is 130 cm³/mol. The van der Waals surface area contributed by atoms with Crippen molar-refractivity contribution in [2.24, 2.45) is 5.41 Å². The SMILES string of the molecule is CCCCCCCC(C)(CCNC)Cc1ccc(-c2cc(C)cc(F)c2CC)cc1. The van der Waals surface area contributed by atoms with Gasteiger partial charge in [0.1, 0.15) is 5.82 Å². The zero-order valence-electron chi connectivity index (χ0n) is 19.9. The van der Waals surface area contributed by atoms with Crippen molar-refractivity contribution in [2.45, 2.75) is 85.5 Å². The van der Waals surface area contributed by atoms with Gasteiger partial charge in [-0.15, -0.1) is 0 Å². The van der Waals surface area contributed by atoms with Gasteiger partial charge in [-0.1, -0.05) is 83.2 Å². The van der Waals surface area contributed by atoms with E-state index in [0.717, 1.165) is 35.2 Å². The third-order valence-electron chi connectivity index (χ3n) is 6.45. The smallest absolute Gasteiger partial charge is 0.127 e. The Morgan fingerprint density at radius 3 is 2.27 bits per heavy atom. The molecule has 2 aromatic rings. The van der Waals surface area contributed by atoms with Crippen LogP contribution >= 0.6 is 0 Å². The van der Waals surface area contributed by atoms with Crippen LogP contribution in [0.1, 0.15) is 82.4 Å². The predicted octanol–water partition coefficient (Wildman–Crippen LogP) is 7.88. The summed E-state index contributed by atoms with van der Waals surface area (Å²) in [5.74, 6) is -0.0840. The van der Waals surface area contributed by atoms with Crippen LogP contribution in [-0.4, -0.2) is 13.6 Å². The Labute approximate surface area is 184 Å². The normalized spacial score (nSPS) is 13.4. The highest BCUT2D eigenvalue weighted by atomic mass is 19.1. The minimum Gasteiger partial charge on any atom is -0.320 e. The summed E-state index contributed by atoms with van der Waals surface area (Å²) in [4.78, 5) is 0. The van der Waals surface area contributed by atoms with Crippen molar-refractivity contribution in [1.82, 2.24) is 5.32 Å². The van der Waals surface area contributed by atoms with Crippen LogP contribution in [-0.2, 0) is 12.8 Å². The van der Waals surface area contributed by atoms with Gasteiger partial charge in [-0.2, -0.15) is 0 Å². The standard InChI is InChI=1S/C28H42FN/c1-6-8-9-10-11-16-28(4,17-18-30-5)21-23-12-14-24(15-13-23)26-19-22(3)20-27(29)25(26)7-2/h12-15,19-20,30H,6-11,16-18,21H2,1-5H3. The highest BCUT2D eigenvalue weighted by molar-refractivity contribution is 5.68. The molecule has 1 unspecified atom stereocenters. The highest BCUT2D eigenvalue weighted by Crippen LogP contribution is 2.34. The molecule has 0 aliphatic heterocycles. The van der Waals surface area contributed by atoms with Gasteiger partial charge in [0.15, 0.2) is 0 Å². The lowest BCUT2D eigenvalue weighted by Gasteiger charge is -2.30. The van der Waals surface area contributed by atoms with E-state index in [-0.39, 0.29) is 5.82 Å². The van der Waals surface area contributed by atoms with Crippen LogP contribution in [0.2, 0.25) is 0 Å². The van der Waals surface area contributed by atoms with Crippen molar-refractivity contribution in [3.8, 4) is 11.1 Å². The summed E-state index contributed by atoms with van der Waals surface area (Å²) in [7, 11) is 2.04. The van der Waals surface area contributed by atoms with Crippen molar-refractivity contribution < 1.29 is 4.39 Å². The van der Waals surface area contributed by atoms with Gasteiger partial charge in [0.05, 0.1) is 0 Å². The summed E-state index contributed by atoms with van der Waals surface area (Å²) in [5, 5.41) is 3.34. The Morgan fingerprint density at radius 1 is 0.933 bits per heavy atom. The van der Waals surface area contributed by atoms with Crippen molar-refractivity contribution in [3.63, 3.8) is 0 Å². The lowest BCUT2D eigenvalue weighted by atomic mass is 9.76. The van der Waals surface area contributed by atoms with Gasteiger partial charge in [0.2, 0.25) is 0 Å². The fraction of sp³-hybridized carbons (Fsp3) is 0.571. The van der Waals surface area contributed by atoms with E-state index < -0.39 is 0 Å². The Balaban J connectivity index is 2.13. The van der Waals surface area contributed by atoms with Crippen LogP contribution in [0.25, 0.3) is 11.1 Å². The molecular formula is C28H42FN. The molecule has 2 aromatic carbocycles. The number of halogens is 1. The highest BCUT2D eigenvalue weighted by Gasteiger charge is 2.24. The van der Waals surface area contributed by atoms with E-state index in [1.54, 1.807) is 6.07 Å². The minimum atomic E-state index is -0.0840. The van der Waals surface area contributed by atoms with Gasteiger partial charge in [0.25, 0.3) is 0 Å². The Bertz CT molecular complexity index is 765.